The minimum absolute atomic E-state index is 0.204. The SMILES string of the molecule is COc1ccc(C(=O)O)cc1-c1cc(C)c(C)cc1Cl. The molecule has 0 saturated heterocycles. The predicted molar refractivity (Wildman–Crippen MR) is 79.9 cm³/mol. The Morgan fingerprint density at radius 2 is 1.75 bits per heavy atom. The maximum atomic E-state index is 11.1. The first kappa shape index (κ1) is 14.4. The molecule has 0 spiro atoms. The van der Waals surface area contributed by atoms with Crippen LogP contribution >= 0.6 is 11.6 Å². The molecule has 0 radical (unpaired) electrons. The molecule has 20 heavy (non-hydrogen) atoms. The van der Waals surface area contributed by atoms with Gasteiger partial charge in [0.25, 0.3) is 0 Å². The number of aromatic carboxylic acids is 1. The van der Waals surface area contributed by atoms with E-state index in [-0.39, 0.29) is 5.56 Å². The van der Waals surface area contributed by atoms with Gasteiger partial charge in [-0.3, -0.25) is 0 Å². The molecule has 2 rings (SSSR count). The van der Waals surface area contributed by atoms with Crippen LogP contribution in [0.4, 0.5) is 0 Å². The van der Waals surface area contributed by atoms with Gasteiger partial charge in [0, 0.05) is 16.1 Å². The van der Waals surface area contributed by atoms with E-state index in [4.69, 9.17) is 21.4 Å². The molecule has 2 aromatic carbocycles. The van der Waals surface area contributed by atoms with Gasteiger partial charge < -0.3 is 9.84 Å². The van der Waals surface area contributed by atoms with Crippen molar-refractivity contribution in [1.82, 2.24) is 0 Å². The van der Waals surface area contributed by atoms with Gasteiger partial charge in [0.1, 0.15) is 5.75 Å². The van der Waals surface area contributed by atoms with Crippen molar-refractivity contribution < 1.29 is 14.6 Å². The summed E-state index contributed by atoms with van der Waals surface area (Å²) in [6, 6.07) is 8.56. The lowest BCUT2D eigenvalue weighted by molar-refractivity contribution is 0.0697. The molecule has 1 N–H and O–H groups in total. The number of carboxylic acid groups (broad SMARTS) is 1. The average molecular weight is 291 g/mol. The predicted octanol–water partition coefficient (Wildman–Crippen LogP) is 4.33. The van der Waals surface area contributed by atoms with Crippen LogP contribution in [-0.2, 0) is 0 Å². The molecule has 0 amide bonds. The van der Waals surface area contributed by atoms with E-state index >= 15 is 0 Å². The molecule has 2 aromatic rings. The first-order valence-corrected chi connectivity index (χ1v) is 6.50. The molecule has 0 atom stereocenters. The van der Waals surface area contributed by atoms with E-state index < -0.39 is 5.97 Å². The highest BCUT2D eigenvalue weighted by Crippen LogP contribution is 2.37. The Balaban J connectivity index is 2.70. The molecule has 0 aliphatic rings. The van der Waals surface area contributed by atoms with Gasteiger partial charge in [0.05, 0.1) is 12.7 Å². The van der Waals surface area contributed by atoms with Crippen molar-refractivity contribution >= 4 is 17.6 Å². The fraction of sp³-hybridized carbons (Fsp3) is 0.188. The van der Waals surface area contributed by atoms with Crippen molar-refractivity contribution in [2.45, 2.75) is 13.8 Å². The number of carboxylic acids is 1. The lowest BCUT2D eigenvalue weighted by Crippen LogP contribution is -1.98. The van der Waals surface area contributed by atoms with Gasteiger partial charge in [0.2, 0.25) is 0 Å². The fourth-order valence-electron chi connectivity index (χ4n) is 2.04. The molecular formula is C16H15ClO3. The molecule has 0 unspecified atom stereocenters. The van der Waals surface area contributed by atoms with Gasteiger partial charge in [-0.2, -0.15) is 0 Å². The van der Waals surface area contributed by atoms with Crippen LogP contribution in [0.3, 0.4) is 0 Å². The zero-order chi connectivity index (χ0) is 14.9. The Morgan fingerprint density at radius 3 is 2.35 bits per heavy atom. The topological polar surface area (TPSA) is 46.5 Å². The fourth-order valence-corrected chi connectivity index (χ4v) is 2.36. The zero-order valence-electron chi connectivity index (χ0n) is 11.5. The smallest absolute Gasteiger partial charge is 0.335 e. The van der Waals surface area contributed by atoms with E-state index in [9.17, 15) is 4.79 Å². The molecule has 0 fully saturated rings. The number of methoxy groups -OCH3 is 1. The Morgan fingerprint density at radius 1 is 1.10 bits per heavy atom. The van der Waals surface area contributed by atoms with Gasteiger partial charge in [-0.05, 0) is 55.3 Å². The minimum atomic E-state index is -0.978. The monoisotopic (exact) mass is 290 g/mol. The van der Waals surface area contributed by atoms with Crippen LogP contribution in [0.25, 0.3) is 11.1 Å². The van der Waals surface area contributed by atoms with Crippen molar-refractivity contribution in [2.75, 3.05) is 7.11 Å². The van der Waals surface area contributed by atoms with Crippen molar-refractivity contribution in [3.63, 3.8) is 0 Å². The van der Waals surface area contributed by atoms with E-state index in [1.807, 2.05) is 26.0 Å². The molecule has 0 heterocycles. The van der Waals surface area contributed by atoms with Gasteiger partial charge in [-0.1, -0.05) is 11.6 Å². The second kappa shape index (κ2) is 5.55. The summed E-state index contributed by atoms with van der Waals surface area (Å²) in [5.74, 6) is -0.381. The first-order chi connectivity index (χ1) is 9.43. The number of ether oxygens (including phenoxy) is 1. The maximum Gasteiger partial charge on any atom is 0.335 e. The Labute approximate surface area is 122 Å². The maximum absolute atomic E-state index is 11.1. The van der Waals surface area contributed by atoms with Crippen LogP contribution in [0.1, 0.15) is 21.5 Å². The number of aryl methyl sites for hydroxylation is 2. The van der Waals surface area contributed by atoms with Crippen LogP contribution in [0.5, 0.6) is 5.75 Å². The van der Waals surface area contributed by atoms with E-state index in [0.717, 1.165) is 16.7 Å². The molecular weight excluding hydrogens is 276 g/mol. The normalized spacial score (nSPS) is 10.4. The number of rotatable bonds is 3. The summed E-state index contributed by atoms with van der Waals surface area (Å²) in [4.78, 5) is 11.1. The molecule has 0 saturated carbocycles. The number of hydrogen-bond acceptors (Lipinski definition) is 2. The second-order valence-corrected chi connectivity index (χ2v) is 5.04. The van der Waals surface area contributed by atoms with Gasteiger partial charge in [-0.15, -0.1) is 0 Å². The molecule has 0 aromatic heterocycles. The highest BCUT2D eigenvalue weighted by Gasteiger charge is 2.14. The largest absolute Gasteiger partial charge is 0.496 e. The number of carbonyl (C=O) groups is 1. The third kappa shape index (κ3) is 2.63. The summed E-state index contributed by atoms with van der Waals surface area (Å²) in [6.45, 7) is 3.97. The van der Waals surface area contributed by atoms with Gasteiger partial charge in [0.15, 0.2) is 0 Å². The summed E-state index contributed by atoms with van der Waals surface area (Å²) < 4.78 is 5.31. The Hall–Kier alpha value is -2.00. The van der Waals surface area contributed by atoms with E-state index in [1.54, 1.807) is 19.2 Å². The standard InChI is InChI=1S/C16H15ClO3/c1-9-6-12(14(17)7-10(9)2)13-8-11(16(18)19)4-5-15(13)20-3/h4-8H,1-3H3,(H,18,19). The van der Waals surface area contributed by atoms with Crippen molar-refractivity contribution in [2.24, 2.45) is 0 Å². The average Bonchev–Trinajstić information content (AvgIpc) is 2.42. The molecule has 0 aliphatic heterocycles. The quantitative estimate of drug-likeness (QED) is 0.915. The van der Waals surface area contributed by atoms with Crippen LogP contribution in [0.2, 0.25) is 5.02 Å². The van der Waals surface area contributed by atoms with Crippen molar-refractivity contribution in [1.29, 1.82) is 0 Å². The van der Waals surface area contributed by atoms with E-state index in [0.29, 0.717) is 16.3 Å². The number of halogens is 1. The Kier molecular flexibility index (Phi) is 4.00. The first-order valence-electron chi connectivity index (χ1n) is 6.12. The summed E-state index contributed by atoms with van der Waals surface area (Å²) in [5.41, 5.74) is 3.84. The van der Waals surface area contributed by atoms with Crippen LogP contribution in [-0.4, -0.2) is 18.2 Å². The van der Waals surface area contributed by atoms with Crippen LogP contribution in [0, 0.1) is 13.8 Å². The van der Waals surface area contributed by atoms with Gasteiger partial charge >= 0.3 is 5.97 Å². The van der Waals surface area contributed by atoms with E-state index in [1.165, 1.54) is 6.07 Å². The zero-order valence-corrected chi connectivity index (χ0v) is 12.3. The summed E-state index contributed by atoms with van der Waals surface area (Å²) in [5, 5.41) is 9.69. The van der Waals surface area contributed by atoms with Crippen LogP contribution < -0.4 is 4.74 Å². The Bertz CT molecular complexity index is 678. The molecule has 104 valence electrons. The summed E-state index contributed by atoms with van der Waals surface area (Å²) in [6.07, 6.45) is 0. The third-order valence-corrected chi connectivity index (χ3v) is 3.63. The molecule has 0 bridgehead atoms. The lowest BCUT2D eigenvalue weighted by Gasteiger charge is -2.13. The number of hydrogen-bond donors (Lipinski definition) is 1. The minimum Gasteiger partial charge on any atom is -0.496 e. The van der Waals surface area contributed by atoms with E-state index in [2.05, 4.69) is 0 Å². The second-order valence-electron chi connectivity index (χ2n) is 4.64. The van der Waals surface area contributed by atoms with Crippen LogP contribution in [0.15, 0.2) is 30.3 Å². The van der Waals surface area contributed by atoms with Crippen molar-refractivity contribution in [3.8, 4) is 16.9 Å². The molecule has 4 heteroatoms. The molecule has 0 aliphatic carbocycles. The highest BCUT2D eigenvalue weighted by molar-refractivity contribution is 6.33. The van der Waals surface area contributed by atoms with Gasteiger partial charge in [-0.25, -0.2) is 4.79 Å². The van der Waals surface area contributed by atoms with Crippen molar-refractivity contribution in [3.05, 3.63) is 52.0 Å². The number of benzene rings is 2. The third-order valence-electron chi connectivity index (χ3n) is 3.32. The summed E-state index contributed by atoms with van der Waals surface area (Å²) in [7, 11) is 1.55. The highest BCUT2D eigenvalue weighted by atomic mass is 35.5. The molecule has 3 nitrogen and oxygen atoms in total. The summed E-state index contributed by atoms with van der Waals surface area (Å²) >= 11 is 6.29. The lowest BCUT2D eigenvalue weighted by atomic mass is 9.98.